The third-order valence-corrected chi connectivity index (χ3v) is 6.41. The molecule has 0 unspecified atom stereocenters. The molecule has 28 heavy (non-hydrogen) atoms. The van der Waals surface area contributed by atoms with Crippen molar-refractivity contribution in [2.24, 2.45) is 0 Å². The largest absolute Gasteiger partial charge is 0.493 e. The average Bonchev–Trinajstić information content (AvgIpc) is 3.04. The molecule has 2 heterocycles. The van der Waals surface area contributed by atoms with Gasteiger partial charge in [-0.15, -0.1) is 0 Å². The summed E-state index contributed by atoms with van der Waals surface area (Å²) in [7, 11) is -2.52. The van der Waals surface area contributed by atoms with Crippen LogP contribution in [0, 0.1) is 5.82 Å². The first-order valence-electron chi connectivity index (χ1n) is 8.39. The zero-order chi connectivity index (χ0) is 20.5. The van der Waals surface area contributed by atoms with Crippen molar-refractivity contribution in [1.82, 2.24) is 8.96 Å². The molecule has 3 rings (SSSR count). The predicted octanol–water partition coefficient (Wildman–Crippen LogP) is 5.27. The number of para-hydroxylation sites is 1. The second-order valence-corrected chi connectivity index (χ2v) is 8.61. The van der Waals surface area contributed by atoms with Gasteiger partial charge in [0.05, 0.1) is 12.0 Å². The van der Waals surface area contributed by atoms with E-state index in [9.17, 15) is 12.8 Å². The summed E-state index contributed by atoms with van der Waals surface area (Å²) in [6, 6.07) is 6.26. The zero-order valence-electron chi connectivity index (χ0n) is 15.5. The summed E-state index contributed by atoms with van der Waals surface area (Å²) in [5.41, 5.74) is 1.18. The number of hydrogen-bond donors (Lipinski definition) is 0. The second kappa shape index (κ2) is 7.89. The molecular weight excluding hydrogens is 447 g/mol. The van der Waals surface area contributed by atoms with Gasteiger partial charge in [0.15, 0.2) is 17.2 Å². The van der Waals surface area contributed by atoms with E-state index in [0.29, 0.717) is 21.0 Å². The molecule has 0 aliphatic heterocycles. The lowest BCUT2D eigenvalue weighted by Gasteiger charge is -2.08. The van der Waals surface area contributed by atoms with Crippen LogP contribution in [0.4, 0.5) is 4.39 Å². The lowest BCUT2D eigenvalue weighted by atomic mass is 10.0. The van der Waals surface area contributed by atoms with Crippen LogP contribution < -0.4 is 4.74 Å². The van der Waals surface area contributed by atoms with Gasteiger partial charge in [0.25, 0.3) is 10.0 Å². The van der Waals surface area contributed by atoms with Gasteiger partial charge in [0.2, 0.25) is 0 Å². The standard InChI is InChI=1S/C20H18BrFN2O3S/c1-4-7-14(5-2)28(25,26)24-12-17(16-10-13(21)11-23-20(16)24)15-8-6-9-18(22)19(15)27-3/h4-12H,1-3H3. The van der Waals surface area contributed by atoms with Gasteiger partial charge in [0.1, 0.15) is 0 Å². The molecule has 146 valence electrons. The Morgan fingerprint density at radius 2 is 2.04 bits per heavy atom. The van der Waals surface area contributed by atoms with Gasteiger partial charge < -0.3 is 4.74 Å². The molecule has 0 atom stereocenters. The number of aromatic nitrogens is 2. The Morgan fingerprint density at radius 1 is 1.29 bits per heavy atom. The normalized spacial score (nSPS) is 12.8. The van der Waals surface area contributed by atoms with E-state index in [1.165, 1.54) is 37.7 Å². The number of methoxy groups -OCH3 is 1. The molecule has 8 heteroatoms. The molecule has 0 saturated carbocycles. The van der Waals surface area contributed by atoms with Gasteiger partial charge in [0, 0.05) is 33.4 Å². The lowest BCUT2D eigenvalue weighted by Crippen LogP contribution is -2.13. The van der Waals surface area contributed by atoms with Gasteiger partial charge in [-0.3, -0.25) is 0 Å². The molecule has 1 aromatic carbocycles. The number of fused-ring (bicyclic) bond motifs is 1. The highest BCUT2D eigenvalue weighted by molar-refractivity contribution is 9.10. The van der Waals surface area contributed by atoms with Crippen LogP contribution in [0.15, 0.2) is 64.3 Å². The van der Waals surface area contributed by atoms with E-state index < -0.39 is 15.8 Å². The molecule has 0 bridgehead atoms. The number of ether oxygens (including phenoxy) is 1. The molecule has 0 aliphatic rings. The third kappa shape index (κ3) is 3.38. The van der Waals surface area contributed by atoms with Crippen molar-refractivity contribution in [3.63, 3.8) is 0 Å². The highest BCUT2D eigenvalue weighted by Crippen LogP contribution is 2.39. The molecule has 0 radical (unpaired) electrons. The molecule has 5 nitrogen and oxygen atoms in total. The molecule has 3 aromatic rings. The molecule has 0 aliphatic carbocycles. The molecular formula is C20H18BrFN2O3S. The van der Waals surface area contributed by atoms with Crippen molar-refractivity contribution in [2.45, 2.75) is 13.8 Å². The van der Waals surface area contributed by atoms with E-state index in [0.717, 1.165) is 3.97 Å². The fraction of sp³-hybridized carbons (Fsp3) is 0.150. The summed E-state index contributed by atoms with van der Waals surface area (Å²) in [5.74, 6) is -0.492. The molecule has 2 aromatic heterocycles. The van der Waals surface area contributed by atoms with Gasteiger partial charge in [-0.05, 0) is 48.0 Å². The molecule has 0 saturated heterocycles. The summed E-state index contributed by atoms with van der Waals surface area (Å²) in [6.45, 7) is 3.39. The van der Waals surface area contributed by atoms with E-state index in [1.54, 1.807) is 38.1 Å². The maximum atomic E-state index is 14.2. The number of halogens is 2. The Morgan fingerprint density at radius 3 is 2.68 bits per heavy atom. The van der Waals surface area contributed by atoms with Crippen LogP contribution >= 0.6 is 15.9 Å². The van der Waals surface area contributed by atoms with Crippen LogP contribution in [-0.4, -0.2) is 24.5 Å². The molecule has 0 fully saturated rings. The van der Waals surface area contributed by atoms with Crippen molar-refractivity contribution in [1.29, 1.82) is 0 Å². The average molecular weight is 465 g/mol. The van der Waals surface area contributed by atoms with Crippen LogP contribution in [-0.2, 0) is 10.0 Å². The van der Waals surface area contributed by atoms with E-state index in [2.05, 4.69) is 20.9 Å². The van der Waals surface area contributed by atoms with Crippen molar-refractivity contribution >= 4 is 37.0 Å². The van der Waals surface area contributed by atoms with Crippen molar-refractivity contribution < 1.29 is 17.5 Å². The number of benzene rings is 1. The zero-order valence-corrected chi connectivity index (χ0v) is 17.9. The van der Waals surface area contributed by atoms with E-state index >= 15 is 0 Å². The summed E-state index contributed by atoms with van der Waals surface area (Å²) >= 11 is 3.37. The van der Waals surface area contributed by atoms with Gasteiger partial charge >= 0.3 is 0 Å². The summed E-state index contributed by atoms with van der Waals surface area (Å²) in [4.78, 5) is 4.43. The first-order chi connectivity index (χ1) is 13.3. The molecule has 0 N–H and O–H groups in total. The Balaban J connectivity index is 2.40. The topological polar surface area (TPSA) is 61.2 Å². The quantitative estimate of drug-likeness (QED) is 0.482. The lowest BCUT2D eigenvalue weighted by molar-refractivity contribution is 0.388. The summed E-state index contributed by atoms with van der Waals surface area (Å²) in [6.07, 6.45) is 7.65. The Labute approximate surface area is 171 Å². The van der Waals surface area contributed by atoms with Crippen LogP contribution in [0.3, 0.4) is 0 Å². The minimum Gasteiger partial charge on any atom is -0.493 e. The van der Waals surface area contributed by atoms with Crippen LogP contribution in [0.2, 0.25) is 0 Å². The fourth-order valence-corrected chi connectivity index (χ4v) is 4.77. The van der Waals surface area contributed by atoms with Gasteiger partial charge in [-0.1, -0.05) is 24.3 Å². The molecule has 0 amide bonds. The maximum absolute atomic E-state index is 14.2. The van der Waals surface area contributed by atoms with Crippen molar-refractivity contribution in [3.05, 3.63) is 70.1 Å². The summed E-state index contributed by atoms with van der Waals surface area (Å²) < 4.78 is 47.7. The second-order valence-electron chi connectivity index (χ2n) is 5.88. The van der Waals surface area contributed by atoms with Crippen LogP contribution in [0.1, 0.15) is 13.8 Å². The Kier molecular flexibility index (Phi) is 5.71. The predicted molar refractivity (Wildman–Crippen MR) is 112 cm³/mol. The Bertz CT molecular complexity index is 1210. The third-order valence-electron chi connectivity index (χ3n) is 4.21. The monoisotopic (exact) mass is 464 g/mol. The minimum atomic E-state index is -3.89. The smallest absolute Gasteiger partial charge is 0.269 e. The van der Waals surface area contributed by atoms with E-state index in [4.69, 9.17) is 4.74 Å². The van der Waals surface area contributed by atoms with Crippen molar-refractivity contribution in [2.75, 3.05) is 7.11 Å². The van der Waals surface area contributed by atoms with E-state index in [-0.39, 0.29) is 16.3 Å². The number of pyridine rings is 1. The SMILES string of the molecule is CC=CC(=CC)S(=O)(=O)n1cc(-c2cccc(F)c2OC)c2cc(Br)cnc21. The first kappa shape index (κ1) is 20.3. The van der Waals surface area contributed by atoms with Crippen LogP contribution in [0.25, 0.3) is 22.2 Å². The highest BCUT2D eigenvalue weighted by atomic mass is 79.9. The number of hydrogen-bond acceptors (Lipinski definition) is 4. The van der Waals surface area contributed by atoms with E-state index in [1.807, 2.05) is 0 Å². The number of allylic oxidation sites excluding steroid dienone is 3. The van der Waals surface area contributed by atoms with Gasteiger partial charge in [-0.25, -0.2) is 21.8 Å². The van der Waals surface area contributed by atoms with Crippen LogP contribution in [0.5, 0.6) is 5.75 Å². The fourth-order valence-electron chi connectivity index (χ4n) is 2.99. The van der Waals surface area contributed by atoms with Gasteiger partial charge in [-0.2, -0.15) is 0 Å². The first-order valence-corrected chi connectivity index (χ1v) is 10.6. The minimum absolute atomic E-state index is 0.0404. The van der Waals surface area contributed by atoms with Crippen molar-refractivity contribution in [3.8, 4) is 16.9 Å². The highest BCUT2D eigenvalue weighted by Gasteiger charge is 2.25. The maximum Gasteiger partial charge on any atom is 0.269 e. The Hall–Kier alpha value is -2.45. The summed E-state index contributed by atoms with van der Waals surface area (Å²) in [5, 5.41) is 0.554. The molecule has 0 spiro atoms. The number of nitrogens with zero attached hydrogens (tertiary/aromatic N) is 2. The number of rotatable bonds is 5.